The molecular formula is C14H25NaO12. The second-order valence-electron chi connectivity index (χ2n) is 6.18. The summed E-state index contributed by atoms with van der Waals surface area (Å²) in [6.45, 7) is -1.01. The molecule has 2 aliphatic heterocycles. The van der Waals surface area contributed by atoms with Crippen LogP contribution in [-0.4, -0.2) is 146 Å². The molecule has 2 aliphatic rings. The van der Waals surface area contributed by atoms with Crippen LogP contribution in [0.3, 0.4) is 0 Å². The third-order valence-electron chi connectivity index (χ3n) is 4.34. The molecule has 0 amide bonds. The normalized spacial score (nSPS) is 44.6. The maximum absolute atomic E-state index is 10.9. The van der Waals surface area contributed by atoms with Gasteiger partial charge in [-0.2, -0.15) is 0 Å². The van der Waals surface area contributed by atoms with Crippen molar-refractivity contribution in [3.8, 4) is 0 Å². The number of rotatable bonds is 6. The summed E-state index contributed by atoms with van der Waals surface area (Å²) in [6.07, 6.45) is -12.9. The zero-order valence-corrected chi connectivity index (χ0v) is 13.9. The van der Waals surface area contributed by atoms with Crippen molar-refractivity contribution in [2.45, 2.75) is 61.7 Å². The Kier molecular flexibility index (Phi) is 9.49. The van der Waals surface area contributed by atoms with Gasteiger partial charge in [0.05, 0.1) is 6.61 Å². The molecule has 0 aromatic rings. The van der Waals surface area contributed by atoms with E-state index in [9.17, 15) is 35.4 Å². The molecule has 154 valence electrons. The Labute approximate surface area is 176 Å². The average molecular weight is 408 g/mol. The van der Waals surface area contributed by atoms with Gasteiger partial charge in [-0.1, -0.05) is 0 Å². The molecule has 0 aliphatic carbocycles. The van der Waals surface area contributed by atoms with Crippen molar-refractivity contribution in [3.05, 3.63) is 0 Å². The number of aliphatic hydroxyl groups excluding tert-OH is 7. The van der Waals surface area contributed by atoms with Gasteiger partial charge in [-0.3, -0.25) is 4.79 Å². The van der Waals surface area contributed by atoms with Gasteiger partial charge in [0.2, 0.25) is 5.79 Å². The molecule has 0 aromatic carbocycles. The average Bonchev–Trinajstić information content (AvgIpc) is 2.86. The van der Waals surface area contributed by atoms with Crippen molar-refractivity contribution in [2.24, 2.45) is 0 Å². The zero-order valence-electron chi connectivity index (χ0n) is 13.9. The first kappa shape index (κ1) is 25.1. The Morgan fingerprint density at radius 2 is 1.63 bits per heavy atom. The molecule has 0 radical (unpaired) electrons. The summed E-state index contributed by atoms with van der Waals surface area (Å²) in [6, 6.07) is 0. The van der Waals surface area contributed by atoms with Crippen LogP contribution in [0.5, 0.6) is 0 Å². The van der Waals surface area contributed by atoms with Gasteiger partial charge in [0, 0.05) is 6.92 Å². The molecule has 12 nitrogen and oxygen atoms in total. The summed E-state index contributed by atoms with van der Waals surface area (Å²) < 4.78 is 20.4. The second-order valence-corrected chi connectivity index (χ2v) is 6.18. The molecule has 13 heteroatoms. The van der Waals surface area contributed by atoms with E-state index in [1.54, 1.807) is 0 Å². The van der Waals surface area contributed by atoms with E-state index in [2.05, 4.69) is 0 Å². The summed E-state index contributed by atoms with van der Waals surface area (Å²) in [4.78, 5) is 10.9. The van der Waals surface area contributed by atoms with E-state index in [0.717, 1.165) is 6.92 Å². The van der Waals surface area contributed by atoms with Crippen LogP contribution in [0, 0.1) is 0 Å². The Morgan fingerprint density at radius 3 is 2.11 bits per heavy atom. The van der Waals surface area contributed by atoms with Gasteiger partial charge in [0.25, 0.3) is 0 Å². The molecule has 2 fully saturated rings. The molecule has 9 atom stereocenters. The van der Waals surface area contributed by atoms with E-state index >= 15 is 0 Å². The number of ether oxygens (including phenoxy) is 4. The number of carbonyl (C=O) groups excluding carboxylic acids is 1. The van der Waals surface area contributed by atoms with E-state index in [0.29, 0.717) is 0 Å². The monoisotopic (exact) mass is 408 g/mol. The molecular weight excluding hydrogens is 383 g/mol. The quantitative estimate of drug-likeness (QED) is 0.163. The number of hydrogen-bond donors (Lipinski definition) is 7. The zero-order chi connectivity index (χ0) is 19.6. The third kappa shape index (κ3) is 5.17. The Hall–Kier alpha value is 0.0700. The standard InChI is InChI=1S/C14H24O12.Na.H/c1-5(17)23-3-7-8(18)10(20)11(21)13(24-7)26-14(4-16)12(22)9(19)6(2-15)25-14;;/h6-13,15-16,18-22H,2-4H2,1H3;;/t6-,7-,8-,9-,10+,11-,12+,13-,14+;;/m1../s1. The van der Waals surface area contributed by atoms with Gasteiger partial charge in [-0.05, 0) is 0 Å². The van der Waals surface area contributed by atoms with E-state index in [1.165, 1.54) is 0 Å². The van der Waals surface area contributed by atoms with Crippen LogP contribution in [0.4, 0.5) is 0 Å². The van der Waals surface area contributed by atoms with Crippen LogP contribution < -0.4 is 0 Å². The molecule has 0 unspecified atom stereocenters. The van der Waals surface area contributed by atoms with Crippen LogP contribution in [0.15, 0.2) is 0 Å². The maximum atomic E-state index is 10.9. The van der Waals surface area contributed by atoms with Crippen LogP contribution in [0.25, 0.3) is 0 Å². The Balaban J connectivity index is 0.00000364. The van der Waals surface area contributed by atoms with E-state index in [-0.39, 0.29) is 29.6 Å². The van der Waals surface area contributed by atoms with E-state index in [1.807, 2.05) is 0 Å². The molecule has 7 N–H and O–H groups in total. The topological polar surface area (TPSA) is 196 Å². The number of aliphatic hydroxyl groups is 7. The van der Waals surface area contributed by atoms with Gasteiger partial charge in [-0.15, -0.1) is 0 Å². The molecule has 2 heterocycles. The fraction of sp³-hybridized carbons (Fsp3) is 0.929. The number of esters is 1. The van der Waals surface area contributed by atoms with Crippen molar-refractivity contribution >= 4 is 35.5 Å². The van der Waals surface area contributed by atoms with E-state index < -0.39 is 80.6 Å². The molecule has 0 aromatic heterocycles. The molecule has 27 heavy (non-hydrogen) atoms. The predicted molar refractivity (Wildman–Crippen MR) is 85.3 cm³/mol. The summed E-state index contributed by atoms with van der Waals surface area (Å²) in [5.74, 6) is -2.93. The summed E-state index contributed by atoms with van der Waals surface area (Å²) in [7, 11) is 0. The summed E-state index contributed by atoms with van der Waals surface area (Å²) >= 11 is 0. The van der Waals surface area contributed by atoms with Crippen LogP contribution in [-0.2, 0) is 23.7 Å². The molecule has 0 spiro atoms. The molecule has 2 saturated heterocycles. The minimum absolute atomic E-state index is 0. The van der Waals surface area contributed by atoms with Crippen molar-refractivity contribution in [1.29, 1.82) is 0 Å². The van der Waals surface area contributed by atoms with Gasteiger partial charge in [0.1, 0.15) is 55.9 Å². The first-order valence-electron chi connectivity index (χ1n) is 7.93. The number of hydrogen-bond acceptors (Lipinski definition) is 12. The van der Waals surface area contributed by atoms with Crippen molar-refractivity contribution < 1.29 is 59.5 Å². The second kappa shape index (κ2) is 10.2. The minimum atomic E-state index is -2.26. The van der Waals surface area contributed by atoms with E-state index in [4.69, 9.17) is 24.1 Å². The fourth-order valence-corrected chi connectivity index (χ4v) is 2.82. The Morgan fingerprint density at radius 1 is 1.00 bits per heavy atom. The van der Waals surface area contributed by atoms with Crippen molar-refractivity contribution in [3.63, 3.8) is 0 Å². The first-order chi connectivity index (χ1) is 12.2. The first-order valence-corrected chi connectivity index (χ1v) is 7.93. The van der Waals surface area contributed by atoms with Gasteiger partial charge in [-0.25, -0.2) is 0 Å². The van der Waals surface area contributed by atoms with Crippen molar-refractivity contribution in [1.82, 2.24) is 0 Å². The Bertz CT molecular complexity index is 495. The predicted octanol–water partition coefficient (Wildman–Crippen LogP) is -5.47. The van der Waals surface area contributed by atoms with Gasteiger partial charge in [0.15, 0.2) is 6.29 Å². The number of carbonyl (C=O) groups is 1. The van der Waals surface area contributed by atoms with Crippen LogP contribution >= 0.6 is 0 Å². The fourth-order valence-electron chi connectivity index (χ4n) is 2.82. The van der Waals surface area contributed by atoms with Crippen LogP contribution in [0.2, 0.25) is 0 Å². The third-order valence-corrected chi connectivity index (χ3v) is 4.34. The van der Waals surface area contributed by atoms with Gasteiger partial charge < -0.3 is 54.7 Å². The van der Waals surface area contributed by atoms with Crippen molar-refractivity contribution in [2.75, 3.05) is 19.8 Å². The van der Waals surface area contributed by atoms with Gasteiger partial charge >= 0.3 is 35.5 Å². The molecule has 0 saturated carbocycles. The molecule has 0 bridgehead atoms. The summed E-state index contributed by atoms with van der Waals surface area (Å²) in [5.41, 5.74) is 0. The summed E-state index contributed by atoms with van der Waals surface area (Å²) in [5, 5.41) is 68.6. The SMILES string of the molecule is CC(=O)OC[C@H]1O[C@H](O[C@]2(CO)O[C@H](CO)[C@@H](O)[C@@H]2O)[C@H](O)[C@@H](O)[C@@H]1O.[NaH]. The van der Waals surface area contributed by atoms with Crippen LogP contribution in [0.1, 0.15) is 6.92 Å². The molecule has 2 rings (SSSR count).